The smallest absolute Gasteiger partial charge is 0.0629 e. The van der Waals surface area contributed by atoms with Crippen LogP contribution in [-0.2, 0) is 0 Å². The minimum Gasteiger partial charge on any atom is -0.257 e. The summed E-state index contributed by atoms with van der Waals surface area (Å²) in [6.07, 6.45) is 5.87. The molecule has 2 rings (SSSR count). The largest absolute Gasteiger partial charge is 0.257 e. The normalized spacial score (nSPS) is 21.8. The second-order valence-corrected chi connectivity index (χ2v) is 4.60. The molecule has 0 radical (unpaired) electrons. The van der Waals surface area contributed by atoms with E-state index in [1.165, 1.54) is 30.4 Å². The van der Waals surface area contributed by atoms with Gasteiger partial charge < -0.3 is 0 Å². The van der Waals surface area contributed by atoms with E-state index < -0.39 is 0 Å². The zero-order valence-corrected chi connectivity index (χ0v) is 10.1. The fourth-order valence-electron chi connectivity index (χ4n) is 2.16. The summed E-state index contributed by atoms with van der Waals surface area (Å²) in [7, 11) is 0. The van der Waals surface area contributed by atoms with E-state index in [-0.39, 0.29) is 0 Å². The molecule has 1 atom stereocenters. The molecule has 1 aliphatic carbocycles. The van der Waals surface area contributed by atoms with Gasteiger partial charge in [-0.1, -0.05) is 30.7 Å². The average Bonchev–Trinajstić information content (AvgIpc) is 2.32. The standard InChI is InChI=1S/C15H19N/c1-12-7-6-8-14(13(12)2)11-16-15-9-4-3-5-10-15/h3-5,9-12H,6-8H2,1-2H3. The van der Waals surface area contributed by atoms with Gasteiger partial charge in [-0.05, 0) is 49.8 Å². The summed E-state index contributed by atoms with van der Waals surface area (Å²) in [6.45, 7) is 4.56. The van der Waals surface area contributed by atoms with E-state index in [1.54, 1.807) is 0 Å². The average molecular weight is 213 g/mol. The predicted octanol–water partition coefficient (Wildman–Crippen LogP) is 4.53. The quantitative estimate of drug-likeness (QED) is 0.640. The highest BCUT2D eigenvalue weighted by Gasteiger charge is 2.14. The summed E-state index contributed by atoms with van der Waals surface area (Å²) >= 11 is 0. The molecule has 0 saturated carbocycles. The Bertz CT molecular complexity index is 401. The summed E-state index contributed by atoms with van der Waals surface area (Å²) in [5.74, 6) is 0.728. The third kappa shape index (κ3) is 2.60. The molecule has 84 valence electrons. The lowest BCUT2D eigenvalue weighted by molar-refractivity contribution is 0.545. The molecule has 0 fully saturated rings. The van der Waals surface area contributed by atoms with E-state index in [9.17, 15) is 0 Å². The van der Waals surface area contributed by atoms with Crippen LogP contribution in [0.15, 0.2) is 46.5 Å². The number of hydrogen-bond acceptors (Lipinski definition) is 1. The maximum absolute atomic E-state index is 4.53. The minimum absolute atomic E-state index is 0.728. The van der Waals surface area contributed by atoms with Crippen molar-refractivity contribution in [3.63, 3.8) is 0 Å². The molecule has 0 saturated heterocycles. The van der Waals surface area contributed by atoms with Crippen LogP contribution in [0.4, 0.5) is 5.69 Å². The summed E-state index contributed by atoms with van der Waals surface area (Å²) in [5.41, 5.74) is 3.99. The summed E-state index contributed by atoms with van der Waals surface area (Å²) < 4.78 is 0. The van der Waals surface area contributed by atoms with Crippen LogP contribution in [0, 0.1) is 5.92 Å². The van der Waals surface area contributed by atoms with Crippen LogP contribution in [0.25, 0.3) is 0 Å². The third-order valence-electron chi connectivity index (χ3n) is 3.45. The molecule has 0 amide bonds. The van der Waals surface area contributed by atoms with E-state index in [2.05, 4.69) is 25.1 Å². The maximum Gasteiger partial charge on any atom is 0.0629 e. The first-order chi connectivity index (χ1) is 7.77. The fourth-order valence-corrected chi connectivity index (χ4v) is 2.16. The van der Waals surface area contributed by atoms with Crippen LogP contribution in [0.2, 0.25) is 0 Å². The molecule has 1 unspecified atom stereocenters. The van der Waals surface area contributed by atoms with Crippen LogP contribution in [0.3, 0.4) is 0 Å². The van der Waals surface area contributed by atoms with E-state index in [4.69, 9.17) is 0 Å². The zero-order chi connectivity index (χ0) is 11.4. The molecule has 1 aliphatic rings. The molecule has 0 spiro atoms. The first-order valence-electron chi connectivity index (χ1n) is 6.06. The molecule has 1 nitrogen and oxygen atoms in total. The summed E-state index contributed by atoms with van der Waals surface area (Å²) in [5, 5.41) is 0. The Kier molecular flexibility index (Phi) is 3.55. The van der Waals surface area contributed by atoms with Crippen molar-refractivity contribution in [1.29, 1.82) is 0 Å². The predicted molar refractivity (Wildman–Crippen MR) is 70.3 cm³/mol. The Hall–Kier alpha value is -1.37. The van der Waals surface area contributed by atoms with Gasteiger partial charge in [0.15, 0.2) is 0 Å². The van der Waals surface area contributed by atoms with Gasteiger partial charge in [-0.15, -0.1) is 0 Å². The van der Waals surface area contributed by atoms with Crippen molar-refractivity contribution in [2.75, 3.05) is 0 Å². The number of para-hydroxylation sites is 1. The van der Waals surface area contributed by atoms with Gasteiger partial charge in [-0.3, -0.25) is 4.99 Å². The Balaban J connectivity index is 2.15. The van der Waals surface area contributed by atoms with E-state index in [0.29, 0.717) is 0 Å². The summed E-state index contributed by atoms with van der Waals surface area (Å²) in [6, 6.07) is 10.2. The van der Waals surface area contributed by atoms with Gasteiger partial charge in [0.25, 0.3) is 0 Å². The molecule has 1 aromatic rings. The van der Waals surface area contributed by atoms with E-state index in [1.807, 2.05) is 30.3 Å². The number of nitrogens with zero attached hydrogens (tertiary/aromatic N) is 1. The third-order valence-corrected chi connectivity index (χ3v) is 3.45. The summed E-state index contributed by atoms with van der Waals surface area (Å²) in [4.78, 5) is 4.53. The van der Waals surface area contributed by atoms with Crippen LogP contribution in [0.5, 0.6) is 0 Å². The highest BCUT2D eigenvalue weighted by atomic mass is 14.7. The second-order valence-electron chi connectivity index (χ2n) is 4.60. The number of benzene rings is 1. The number of aliphatic imine (C=N–C) groups is 1. The zero-order valence-electron chi connectivity index (χ0n) is 10.1. The highest BCUT2D eigenvalue weighted by Crippen LogP contribution is 2.28. The molecule has 0 N–H and O–H groups in total. The topological polar surface area (TPSA) is 12.4 Å². The lowest BCUT2D eigenvalue weighted by Gasteiger charge is -2.21. The Morgan fingerprint density at radius 1 is 1.25 bits per heavy atom. The first-order valence-corrected chi connectivity index (χ1v) is 6.06. The van der Waals surface area contributed by atoms with Crippen LogP contribution >= 0.6 is 0 Å². The van der Waals surface area contributed by atoms with Gasteiger partial charge in [0.1, 0.15) is 0 Å². The lowest BCUT2D eigenvalue weighted by Crippen LogP contribution is -2.07. The number of rotatable bonds is 2. The van der Waals surface area contributed by atoms with Crippen LogP contribution in [-0.4, -0.2) is 6.21 Å². The highest BCUT2D eigenvalue weighted by molar-refractivity contribution is 5.82. The van der Waals surface area contributed by atoms with Crippen molar-refractivity contribution in [2.45, 2.75) is 33.1 Å². The van der Waals surface area contributed by atoms with Crippen molar-refractivity contribution in [3.05, 3.63) is 41.5 Å². The van der Waals surface area contributed by atoms with E-state index in [0.717, 1.165) is 11.6 Å². The molecule has 0 aromatic heterocycles. The second kappa shape index (κ2) is 5.11. The molecule has 0 bridgehead atoms. The molecular formula is C15H19N. The number of allylic oxidation sites excluding steroid dienone is 2. The van der Waals surface area contributed by atoms with Crippen molar-refractivity contribution in [2.24, 2.45) is 10.9 Å². The van der Waals surface area contributed by atoms with Crippen molar-refractivity contribution >= 4 is 11.9 Å². The maximum atomic E-state index is 4.53. The molecular weight excluding hydrogens is 194 g/mol. The van der Waals surface area contributed by atoms with Gasteiger partial charge in [-0.25, -0.2) is 0 Å². The minimum atomic E-state index is 0.728. The lowest BCUT2D eigenvalue weighted by atomic mass is 9.85. The van der Waals surface area contributed by atoms with Gasteiger partial charge >= 0.3 is 0 Å². The van der Waals surface area contributed by atoms with Crippen LogP contribution < -0.4 is 0 Å². The first kappa shape index (κ1) is 11.1. The van der Waals surface area contributed by atoms with Crippen LogP contribution in [0.1, 0.15) is 33.1 Å². The molecule has 16 heavy (non-hydrogen) atoms. The van der Waals surface area contributed by atoms with Gasteiger partial charge in [0.2, 0.25) is 0 Å². The Morgan fingerprint density at radius 2 is 2.00 bits per heavy atom. The molecule has 1 heteroatoms. The Morgan fingerprint density at radius 3 is 2.75 bits per heavy atom. The fraction of sp³-hybridized carbons (Fsp3) is 0.400. The van der Waals surface area contributed by atoms with Crippen molar-refractivity contribution < 1.29 is 0 Å². The van der Waals surface area contributed by atoms with E-state index >= 15 is 0 Å². The van der Waals surface area contributed by atoms with Gasteiger partial charge in [-0.2, -0.15) is 0 Å². The SMILES string of the molecule is CC1=C(C=Nc2ccccc2)CCCC1C. The monoisotopic (exact) mass is 213 g/mol. The van der Waals surface area contributed by atoms with Gasteiger partial charge in [0.05, 0.1) is 5.69 Å². The Labute approximate surface area is 97.9 Å². The molecule has 0 aliphatic heterocycles. The molecule has 0 heterocycles. The van der Waals surface area contributed by atoms with Crippen molar-refractivity contribution in [1.82, 2.24) is 0 Å². The molecule has 1 aromatic carbocycles. The van der Waals surface area contributed by atoms with Crippen molar-refractivity contribution in [3.8, 4) is 0 Å². The van der Waals surface area contributed by atoms with Gasteiger partial charge in [0, 0.05) is 6.21 Å². The number of hydrogen-bond donors (Lipinski definition) is 0.